The fourth-order valence-corrected chi connectivity index (χ4v) is 4.44. The Morgan fingerprint density at radius 2 is 1.97 bits per heavy atom. The van der Waals surface area contributed by atoms with Gasteiger partial charge in [-0.15, -0.1) is 15.3 Å². The van der Waals surface area contributed by atoms with Gasteiger partial charge in [0.25, 0.3) is 0 Å². The van der Waals surface area contributed by atoms with Crippen LogP contribution in [0, 0.1) is 0 Å². The van der Waals surface area contributed by atoms with Crippen LogP contribution in [0.15, 0.2) is 29.0 Å². The zero-order valence-electron chi connectivity index (χ0n) is 17.8. The molecule has 8 nitrogen and oxygen atoms in total. The Balaban J connectivity index is 1.41. The van der Waals surface area contributed by atoms with Crippen LogP contribution in [-0.4, -0.2) is 50.6 Å². The summed E-state index contributed by atoms with van der Waals surface area (Å²) in [4.78, 5) is 14.2. The molecule has 0 atom stereocenters. The predicted octanol–water partition coefficient (Wildman–Crippen LogP) is 4.12. The average molecular weight is 429 g/mol. The molecular formula is C21H28N6O2S. The second-order valence-electron chi connectivity index (χ2n) is 8.76. The van der Waals surface area contributed by atoms with E-state index in [0.717, 1.165) is 48.5 Å². The lowest BCUT2D eigenvalue weighted by molar-refractivity contribution is 0.0491. The van der Waals surface area contributed by atoms with E-state index in [9.17, 15) is 4.79 Å². The van der Waals surface area contributed by atoms with E-state index in [0.29, 0.717) is 6.04 Å². The minimum absolute atomic E-state index is 0.156. The first-order valence-electron chi connectivity index (χ1n) is 10.3. The number of thiophene rings is 1. The summed E-state index contributed by atoms with van der Waals surface area (Å²) in [6.07, 6.45) is 3.47. The number of nitrogens with one attached hydrogen (secondary N) is 1. The smallest absolute Gasteiger partial charge is 0.407 e. The lowest BCUT2D eigenvalue weighted by Gasteiger charge is -2.35. The molecule has 1 saturated carbocycles. The maximum atomic E-state index is 12.0. The maximum Gasteiger partial charge on any atom is 0.407 e. The highest BCUT2D eigenvalue weighted by Gasteiger charge is 2.27. The van der Waals surface area contributed by atoms with Crippen LogP contribution in [0.25, 0.3) is 17.0 Å². The van der Waals surface area contributed by atoms with E-state index in [1.165, 1.54) is 0 Å². The molecule has 1 aliphatic carbocycles. The van der Waals surface area contributed by atoms with Crippen molar-refractivity contribution in [3.8, 4) is 11.4 Å². The van der Waals surface area contributed by atoms with Crippen LogP contribution in [0.1, 0.15) is 46.5 Å². The number of carbonyl (C=O) groups is 1. The highest BCUT2D eigenvalue weighted by molar-refractivity contribution is 7.08. The topological polar surface area (TPSA) is 84.7 Å². The number of rotatable bonds is 4. The number of hydrogen-bond donors (Lipinski definition) is 1. The van der Waals surface area contributed by atoms with E-state index >= 15 is 0 Å². The van der Waals surface area contributed by atoms with Gasteiger partial charge < -0.3 is 15.0 Å². The largest absolute Gasteiger partial charge is 0.444 e. The van der Waals surface area contributed by atoms with Gasteiger partial charge in [0.1, 0.15) is 11.4 Å². The van der Waals surface area contributed by atoms with E-state index in [4.69, 9.17) is 9.84 Å². The molecule has 0 aromatic carbocycles. The Bertz CT molecular complexity index is 1000. The van der Waals surface area contributed by atoms with Crippen LogP contribution in [-0.2, 0) is 4.74 Å². The molecule has 4 rings (SSSR count). The molecule has 0 spiro atoms. The molecule has 1 N–H and O–H groups in total. The van der Waals surface area contributed by atoms with Crippen LogP contribution in [0.5, 0.6) is 0 Å². The van der Waals surface area contributed by atoms with Gasteiger partial charge in [-0.05, 0) is 70.0 Å². The van der Waals surface area contributed by atoms with Crippen molar-refractivity contribution in [3.63, 3.8) is 0 Å². The molecule has 3 aromatic rings. The molecular weight excluding hydrogens is 400 g/mol. The molecule has 1 aliphatic rings. The van der Waals surface area contributed by atoms with Crippen molar-refractivity contribution < 1.29 is 9.53 Å². The fraction of sp³-hybridized carbons (Fsp3) is 0.524. The zero-order chi connectivity index (χ0) is 21.3. The van der Waals surface area contributed by atoms with Crippen molar-refractivity contribution in [2.45, 2.75) is 64.1 Å². The summed E-state index contributed by atoms with van der Waals surface area (Å²) in [7, 11) is 2.08. The van der Waals surface area contributed by atoms with Gasteiger partial charge in [0.2, 0.25) is 0 Å². The summed E-state index contributed by atoms with van der Waals surface area (Å²) in [6, 6.07) is 6.50. The Morgan fingerprint density at radius 3 is 2.63 bits per heavy atom. The summed E-state index contributed by atoms with van der Waals surface area (Å²) in [5.74, 6) is 1.65. The van der Waals surface area contributed by atoms with Gasteiger partial charge in [0.15, 0.2) is 11.5 Å². The van der Waals surface area contributed by atoms with Gasteiger partial charge in [-0.2, -0.15) is 15.9 Å². The number of carbonyl (C=O) groups excluding carboxylic acids is 1. The molecule has 160 valence electrons. The number of anilines is 1. The first-order valence-corrected chi connectivity index (χ1v) is 11.2. The van der Waals surface area contributed by atoms with Gasteiger partial charge in [0, 0.05) is 30.1 Å². The van der Waals surface area contributed by atoms with Crippen molar-refractivity contribution in [2.24, 2.45) is 0 Å². The molecule has 9 heteroatoms. The number of alkyl carbamates (subject to hydrolysis) is 1. The van der Waals surface area contributed by atoms with E-state index in [1.54, 1.807) is 11.3 Å². The predicted molar refractivity (Wildman–Crippen MR) is 118 cm³/mol. The number of ether oxygens (including phenoxy) is 1. The molecule has 0 aliphatic heterocycles. The van der Waals surface area contributed by atoms with Crippen LogP contribution >= 0.6 is 11.3 Å². The van der Waals surface area contributed by atoms with E-state index in [-0.39, 0.29) is 12.1 Å². The molecule has 1 fully saturated rings. The van der Waals surface area contributed by atoms with Gasteiger partial charge in [0.05, 0.1) is 0 Å². The monoisotopic (exact) mass is 428 g/mol. The molecule has 0 unspecified atom stereocenters. The normalized spacial score (nSPS) is 19.6. The fourth-order valence-electron chi connectivity index (χ4n) is 3.81. The second kappa shape index (κ2) is 8.22. The number of hydrogen-bond acceptors (Lipinski definition) is 7. The molecule has 0 saturated heterocycles. The number of aromatic nitrogens is 4. The van der Waals surface area contributed by atoms with E-state index in [1.807, 2.05) is 54.2 Å². The van der Waals surface area contributed by atoms with Crippen molar-refractivity contribution >= 4 is 28.9 Å². The highest BCUT2D eigenvalue weighted by atomic mass is 32.1. The average Bonchev–Trinajstić information content (AvgIpc) is 3.35. The summed E-state index contributed by atoms with van der Waals surface area (Å²) in [6.45, 7) is 5.63. The van der Waals surface area contributed by atoms with Crippen molar-refractivity contribution in [1.82, 2.24) is 25.1 Å². The first-order chi connectivity index (χ1) is 14.3. The van der Waals surface area contributed by atoms with E-state index in [2.05, 4.69) is 27.5 Å². The minimum atomic E-state index is -0.476. The lowest BCUT2D eigenvalue weighted by Crippen LogP contribution is -2.44. The molecule has 3 heterocycles. The number of fused-ring (bicyclic) bond motifs is 1. The third kappa shape index (κ3) is 4.56. The van der Waals surface area contributed by atoms with Crippen molar-refractivity contribution in [3.05, 3.63) is 29.0 Å². The van der Waals surface area contributed by atoms with Crippen molar-refractivity contribution in [2.75, 3.05) is 11.9 Å². The number of amides is 1. The summed E-state index contributed by atoms with van der Waals surface area (Å²) in [5, 5.41) is 20.4. The summed E-state index contributed by atoms with van der Waals surface area (Å²) >= 11 is 1.63. The van der Waals surface area contributed by atoms with Gasteiger partial charge >= 0.3 is 6.09 Å². The Kier molecular flexibility index (Phi) is 5.64. The minimum Gasteiger partial charge on any atom is -0.444 e. The van der Waals surface area contributed by atoms with Gasteiger partial charge in [-0.25, -0.2) is 4.79 Å². The van der Waals surface area contributed by atoms with Crippen LogP contribution < -0.4 is 10.2 Å². The Morgan fingerprint density at radius 1 is 1.20 bits per heavy atom. The molecule has 0 bridgehead atoms. The number of nitrogens with zero attached hydrogens (tertiary/aromatic N) is 5. The summed E-state index contributed by atoms with van der Waals surface area (Å²) < 4.78 is 7.18. The van der Waals surface area contributed by atoms with Crippen LogP contribution in [0.4, 0.5) is 10.6 Å². The SMILES string of the molecule is CN(c1ccc2nnc(-c3ccsc3)n2n1)C1CCC(NC(=O)OC(C)(C)C)CC1. The van der Waals surface area contributed by atoms with Gasteiger partial charge in [-0.3, -0.25) is 0 Å². The highest BCUT2D eigenvalue weighted by Crippen LogP contribution is 2.27. The maximum absolute atomic E-state index is 12.0. The molecule has 3 aromatic heterocycles. The molecule has 30 heavy (non-hydrogen) atoms. The third-order valence-electron chi connectivity index (χ3n) is 5.35. The van der Waals surface area contributed by atoms with Crippen LogP contribution in [0.3, 0.4) is 0 Å². The van der Waals surface area contributed by atoms with E-state index < -0.39 is 5.60 Å². The van der Waals surface area contributed by atoms with Crippen molar-refractivity contribution in [1.29, 1.82) is 0 Å². The zero-order valence-corrected chi connectivity index (χ0v) is 18.6. The van der Waals surface area contributed by atoms with Crippen LogP contribution in [0.2, 0.25) is 0 Å². The quantitative estimate of drug-likeness (QED) is 0.673. The lowest BCUT2D eigenvalue weighted by atomic mass is 9.90. The standard InChI is InChI=1S/C21H28N6O2S/c1-21(2,3)29-20(28)22-15-5-7-16(8-6-15)26(4)18-10-9-17-23-24-19(27(17)25-18)14-11-12-30-13-14/h9-13,15-16H,5-8H2,1-4H3,(H,22,28). The van der Waals surface area contributed by atoms with Gasteiger partial charge in [-0.1, -0.05) is 0 Å². The molecule has 1 amide bonds. The summed E-state index contributed by atoms with van der Waals surface area (Å²) in [5.41, 5.74) is 1.28. The Hall–Kier alpha value is -2.68. The Labute approximate surface area is 180 Å². The first kappa shape index (κ1) is 20.6. The third-order valence-corrected chi connectivity index (χ3v) is 6.04. The molecule has 0 radical (unpaired) electrons. The second-order valence-corrected chi connectivity index (χ2v) is 9.54.